The molecule has 2 N–H and O–H groups in total. The van der Waals surface area contributed by atoms with E-state index in [9.17, 15) is 19.2 Å². The average molecular weight is 345 g/mol. The summed E-state index contributed by atoms with van der Waals surface area (Å²) < 4.78 is 0. The predicted octanol–water partition coefficient (Wildman–Crippen LogP) is 1.09. The standard InChI is InChI=1S/C18H23N3O4/c1-4-11(2)19-16(23)12(3)20-15(22)9-10-21-17(24)13-7-5-6-8-14(13)18(21)25/h5-8,11-12H,4,9-10H2,1-3H3,(H,19,23)(H,20,22)/t11-,12+/m1/s1. The molecule has 1 aliphatic heterocycles. The number of carbonyl (C=O) groups is 4. The lowest BCUT2D eigenvalue weighted by atomic mass is 10.1. The number of fused-ring (bicyclic) bond motifs is 1. The number of amides is 4. The van der Waals surface area contributed by atoms with Crippen LogP contribution in [0, 0.1) is 0 Å². The Morgan fingerprint density at radius 1 is 1.04 bits per heavy atom. The van der Waals surface area contributed by atoms with E-state index in [1.54, 1.807) is 31.2 Å². The molecule has 2 rings (SSSR count). The highest BCUT2D eigenvalue weighted by Gasteiger charge is 2.35. The number of hydrogen-bond acceptors (Lipinski definition) is 4. The Morgan fingerprint density at radius 3 is 2.12 bits per heavy atom. The van der Waals surface area contributed by atoms with Gasteiger partial charge < -0.3 is 10.6 Å². The van der Waals surface area contributed by atoms with Gasteiger partial charge in [0.1, 0.15) is 6.04 Å². The quantitative estimate of drug-likeness (QED) is 0.723. The van der Waals surface area contributed by atoms with E-state index in [1.165, 1.54) is 0 Å². The summed E-state index contributed by atoms with van der Waals surface area (Å²) in [7, 11) is 0. The monoisotopic (exact) mass is 345 g/mol. The molecule has 1 heterocycles. The average Bonchev–Trinajstić information content (AvgIpc) is 2.84. The van der Waals surface area contributed by atoms with Crippen LogP contribution >= 0.6 is 0 Å². The summed E-state index contributed by atoms with van der Waals surface area (Å²) in [5.74, 6) is -1.43. The van der Waals surface area contributed by atoms with Gasteiger partial charge in [-0.1, -0.05) is 19.1 Å². The molecule has 0 fully saturated rings. The van der Waals surface area contributed by atoms with Crippen LogP contribution in [0.25, 0.3) is 0 Å². The van der Waals surface area contributed by atoms with E-state index >= 15 is 0 Å². The molecule has 0 saturated heterocycles. The lowest BCUT2D eigenvalue weighted by Crippen LogP contribution is -2.47. The highest BCUT2D eigenvalue weighted by atomic mass is 16.2. The van der Waals surface area contributed by atoms with Crippen LogP contribution in [-0.2, 0) is 9.59 Å². The Morgan fingerprint density at radius 2 is 1.60 bits per heavy atom. The van der Waals surface area contributed by atoms with Crippen molar-refractivity contribution in [1.29, 1.82) is 0 Å². The zero-order valence-corrected chi connectivity index (χ0v) is 14.7. The molecule has 1 aliphatic rings. The minimum absolute atomic E-state index is 0.0160. The summed E-state index contributed by atoms with van der Waals surface area (Å²) in [5.41, 5.74) is 0.711. The Bertz CT molecular complexity index is 666. The second kappa shape index (κ2) is 7.92. The Balaban J connectivity index is 1.86. The molecule has 0 bridgehead atoms. The fourth-order valence-corrected chi connectivity index (χ4v) is 2.50. The molecular formula is C18H23N3O4. The molecule has 25 heavy (non-hydrogen) atoms. The molecule has 0 aliphatic carbocycles. The third-order valence-corrected chi connectivity index (χ3v) is 4.21. The molecule has 134 valence electrons. The summed E-state index contributed by atoms with van der Waals surface area (Å²) in [6.07, 6.45) is 0.749. The van der Waals surface area contributed by atoms with E-state index in [-0.39, 0.29) is 30.8 Å². The fourth-order valence-electron chi connectivity index (χ4n) is 2.50. The maximum absolute atomic E-state index is 12.2. The number of nitrogens with one attached hydrogen (secondary N) is 2. The third-order valence-electron chi connectivity index (χ3n) is 4.21. The molecule has 2 atom stereocenters. The van der Waals surface area contributed by atoms with Gasteiger partial charge in [-0.3, -0.25) is 24.1 Å². The van der Waals surface area contributed by atoms with Crippen molar-refractivity contribution in [3.63, 3.8) is 0 Å². The third kappa shape index (κ3) is 4.23. The van der Waals surface area contributed by atoms with Crippen molar-refractivity contribution in [2.24, 2.45) is 0 Å². The second-order valence-corrected chi connectivity index (χ2v) is 6.16. The van der Waals surface area contributed by atoms with Crippen molar-refractivity contribution < 1.29 is 19.2 Å². The molecule has 0 aromatic heterocycles. The van der Waals surface area contributed by atoms with Gasteiger partial charge in [-0.25, -0.2) is 0 Å². The van der Waals surface area contributed by atoms with Crippen molar-refractivity contribution in [3.05, 3.63) is 35.4 Å². The molecular weight excluding hydrogens is 322 g/mol. The number of imide groups is 1. The molecule has 0 saturated carbocycles. The molecule has 0 unspecified atom stereocenters. The summed E-state index contributed by atoms with van der Waals surface area (Å²) in [6.45, 7) is 5.42. The maximum Gasteiger partial charge on any atom is 0.261 e. The maximum atomic E-state index is 12.2. The van der Waals surface area contributed by atoms with Crippen LogP contribution in [0.5, 0.6) is 0 Å². The van der Waals surface area contributed by atoms with Gasteiger partial charge >= 0.3 is 0 Å². The van der Waals surface area contributed by atoms with Gasteiger partial charge in [0, 0.05) is 19.0 Å². The second-order valence-electron chi connectivity index (χ2n) is 6.16. The van der Waals surface area contributed by atoms with E-state index < -0.39 is 17.9 Å². The van der Waals surface area contributed by atoms with Crippen LogP contribution in [0.1, 0.15) is 54.3 Å². The minimum Gasteiger partial charge on any atom is -0.352 e. The van der Waals surface area contributed by atoms with Crippen molar-refractivity contribution >= 4 is 23.6 Å². The van der Waals surface area contributed by atoms with Crippen LogP contribution < -0.4 is 10.6 Å². The van der Waals surface area contributed by atoms with Gasteiger partial charge in [-0.2, -0.15) is 0 Å². The van der Waals surface area contributed by atoms with E-state index in [0.29, 0.717) is 11.1 Å². The van der Waals surface area contributed by atoms with Crippen molar-refractivity contribution in [1.82, 2.24) is 15.5 Å². The first-order valence-corrected chi connectivity index (χ1v) is 8.40. The van der Waals surface area contributed by atoms with Gasteiger partial charge in [0.25, 0.3) is 11.8 Å². The largest absolute Gasteiger partial charge is 0.352 e. The summed E-state index contributed by atoms with van der Waals surface area (Å²) in [6, 6.07) is 5.93. The first kappa shape index (κ1) is 18.6. The number of carbonyl (C=O) groups excluding carboxylic acids is 4. The Hall–Kier alpha value is -2.70. The topological polar surface area (TPSA) is 95.6 Å². The molecule has 4 amide bonds. The lowest BCUT2D eigenvalue weighted by molar-refractivity contribution is -0.129. The number of nitrogens with zero attached hydrogens (tertiary/aromatic N) is 1. The number of benzene rings is 1. The number of rotatable bonds is 7. The van der Waals surface area contributed by atoms with Crippen LogP contribution in [0.2, 0.25) is 0 Å². The first-order valence-electron chi connectivity index (χ1n) is 8.40. The SMILES string of the molecule is CC[C@@H](C)NC(=O)[C@H](C)NC(=O)CCN1C(=O)c2ccccc2C1=O. The van der Waals surface area contributed by atoms with Gasteiger partial charge in [0.2, 0.25) is 11.8 Å². The molecule has 7 heteroatoms. The predicted molar refractivity (Wildman–Crippen MR) is 91.9 cm³/mol. The first-order chi connectivity index (χ1) is 11.8. The Kier molecular flexibility index (Phi) is 5.90. The highest BCUT2D eigenvalue weighted by Crippen LogP contribution is 2.22. The van der Waals surface area contributed by atoms with Crippen LogP contribution in [0.4, 0.5) is 0 Å². The fraction of sp³-hybridized carbons (Fsp3) is 0.444. The lowest BCUT2D eigenvalue weighted by Gasteiger charge is -2.18. The van der Waals surface area contributed by atoms with Gasteiger partial charge in [-0.05, 0) is 32.4 Å². The summed E-state index contributed by atoms with van der Waals surface area (Å²) in [4.78, 5) is 49.4. The van der Waals surface area contributed by atoms with Gasteiger partial charge in [0.05, 0.1) is 11.1 Å². The van der Waals surface area contributed by atoms with Crippen molar-refractivity contribution in [2.45, 2.75) is 45.7 Å². The van der Waals surface area contributed by atoms with E-state index in [4.69, 9.17) is 0 Å². The molecule has 7 nitrogen and oxygen atoms in total. The molecule has 0 spiro atoms. The van der Waals surface area contributed by atoms with Crippen LogP contribution in [0.3, 0.4) is 0 Å². The van der Waals surface area contributed by atoms with Crippen molar-refractivity contribution in [2.75, 3.05) is 6.54 Å². The molecule has 1 aromatic carbocycles. The Labute approximate surface area is 146 Å². The summed E-state index contributed by atoms with van der Waals surface area (Å²) >= 11 is 0. The molecule has 0 radical (unpaired) electrons. The van der Waals surface area contributed by atoms with E-state index in [1.807, 2.05) is 13.8 Å². The minimum atomic E-state index is -0.677. The number of hydrogen-bond donors (Lipinski definition) is 2. The normalized spacial score (nSPS) is 15.6. The van der Waals surface area contributed by atoms with Crippen molar-refractivity contribution in [3.8, 4) is 0 Å². The van der Waals surface area contributed by atoms with E-state index in [2.05, 4.69) is 10.6 Å². The zero-order valence-electron chi connectivity index (χ0n) is 14.7. The smallest absolute Gasteiger partial charge is 0.261 e. The van der Waals surface area contributed by atoms with Gasteiger partial charge in [-0.15, -0.1) is 0 Å². The summed E-state index contributed by atoms with van der Waals surface area (Å²) in [5, 5.41) is 5.37. The zero-order chi connectivity index (χ0) is 18.6. The molecule has 1 aromatic rings. The van der Waals surface area contributed by atoms with Gasteiger partial charge in [0.15, 0.2) is 0 Å². The highest BCUT2D eigenvalue weighted by molar-refractivity contribution is 6.21. The van der Waals surface area contributed by atoms with Crippen LogP contribution in [-0.4, -0.2) is 47.2 Å². The van der Waals surface area contributed by atoms with E-state index in [0.717, 1.165) is 11.3 Å². The van der Waals surface area contributed by atoms with Crippen LogP contribution in [0.15, 0.2) is 24.3 Å².